The Morgan fingerprint density at radius 1 is 0.917 bits per heavy atom. The topological polar surface area (TPSA) is 49.7 Å². The number of hydrogen-bond donors (Lipinski definition) is 2. The van der Waals surface area contributed by atoms with Crippen molar-refractivity contribution in [3.05, 3.63) is 66.3 Å². The Balaban J connectivity index is 2.74. The predicted octanol–water partition coefficient (Wildman–Crippen LogP) is 4.79. The van der Waals surface area contributed by atoms with Crippen LogP contribution in [0.3, 0.4) is 0 Å². The van der Waals surface area contributed by atoms with Gasteiger partial charge in [-0.15, -0.1) is 13.2 Å². The molecule has 0 heterocycles. The van der Waals surface area contributed by atoms with Crippen molar-refractivity contribution in [2.45, 2.75) is 26.2 Å². The zero-order chi connectivity index (χ0) is 17.7. The van der Waals surface area contributed by atoms with Gasteiger partial charge >= 0.3 is 0 Å². The molecule has 0 spiro atoms. The summed E-state index contributed by atoms with van der Waals surface area (Å²) in [6, 6.07) is 7.52. The molecule has 0 bridgehead atoms. The van der Waals surface area contributed by atoms with Crippen molar-refractivity contribution in [1.29, 1.82) is 0 Å². The molecule has 0 saturated carbocycles. The third-order valence-electron chi connectivity index (χ3n) is 4.03. The van der Waals surface area contributed by atoms with Crippen molar-refractivity contribution in [1.82, 2.24) is 0 Å². The maximum atomic E-state index is 10.6. The minimum absolute atomic E-state index is 0.0263. The minimum Gasteiger partial charge on any atom is -0.507 e. The van der Waals surface area contributed by atoms with E-state index in [1.807, 2.05) is 31.2 Å². The molecular formula is C21H24O3. The van der Waals surface area contributed by atoms with Crippen molar-refractivity contribution < 1.29 is 14.9 Å². The molecular weight excluding hydrogens is 300 g/mol. The molecule has 0 amide bonds. The molecule has 24 heavy (non-hydrogen) atoms. The van der Waals surface area contributed by atoms with Crippen LogP contribution in [0.4, 0.5) is 0 Å². The van der Waals surface area contributed by atoms with Crippen LogP contribution in [-0.2, 0) is 19.3 Å². The monoisotopic (exact) mass is 324 g/mol. The second-order valence-electron chi connectivity index (χ2n) is 5.68. The van der Waals surface area contributed by atoms with E-state index in [9.17, 15) is 10.2 Å². The number of ether oxygens (including phenoxy) is 1. The molecule has 2 aromatic rings. The number of aromatic hydroxyl groups is 2. The number of phenols is 2. The lowest BCUT2D eigenvalue weighted by atomic mass is 9.93. The largest absolute Gasteiger partial charge is 0.507 e. The normalized spacial score (nSPS) is 10.4. The maximum absolute atomic E-state index is 10.6. The van der Waals surface area contributed by atoms with E-state index in [1.54, 1.807) is 12.1 Å². The van der Waals surface area contributed by atoms with E-state index in [2.05, 4.69) is 13.2 Å². The predicted molar refractivity (Wildman–Crippen MR) is 98.9 cm³/mol. The van der Waals surface area contributed by atoms with E-state index in [0.717, 1.165) is 16.7 Å². The van der Waals surface area contributed by atoms with Gasteiger partial charge in [-0.2, -0.15) is 0 Å². The summed E-state index contributed by atoms with van der Waals surface area (Å²) in [7, 11) is 1.52. The fourth-order valence-electron chi connectivity index (χ4n) is 2.83. The minimum atomic E-state index is 0.0263. The van der Waals surface area contributed by atoms with Gasteiger partial charge in [0.2, 0.25) is 0 Å². The van der Waals surface area contributed by atoms with Gasteiger partial charge in [-0.25, -0.2) is 0 Å². The summed E-state index contributed by atoms with van der Waals surface area (Å²) in [5.74, 6) is 0.604. The lowest BCUT2D eigenvalue weighted by Crippen LogP contribution is -1.95. The SMILES string of the molecule is C=CCc1cc(CC)c(O)c(-c2cc(CC=C)cc(OC)c2O)c1. The van der Waals surface area contributed by atoms with Gasteiger partial charge in [-0.05, 0) is 54.2 Å². The third-order valence-corrected chi connectivity index (χ3v) is 4.03. The summed E-state index contributed by atoms with van der Waals surface area (Å²) < 4.78 is 5.29. The van der Waals surface area contributed by atoms with Crippen molar-refractivity contribution in [2.24, 2.45) is 0 Å². The molecule has 0 aliphatic rings. The standard InChI is InChI=1S/C21H24O3/c1-5-8-14-10-16(7-3)20(22)17(11-14)18-12-15(9-6-2)13-19(24-4)21(18)23/h5-6,10-13,22-23H,1-2,7-9H2,3-4H3. The highest BCUT2D eigenvalue weighted by atomic mass is 16.5. The Kier molecular flexibility index (Phi) is 5.69. The van der Waals surface area contributed by atoms with Gasteiger partial charge in [0.25, 0.3) is 0 Å². The fraction of sp³-hybridized carbons (Fsp3) is 0.238. The Morgan fingerprint density at radius 3 is 1.96 bits per heavy atom. The first kappa shape index (κ1) is 17.7. The molecule has 0 aliphatic heterocycles. The maximum Gasteiger partial charge on any atom is 0.165 e. The summed E-state index contributed by atoms with van der Waals surface area (Å²) in [5, 5.41) is 21.2. The molecule has 2 rings (SSSR count). The van der Waals surface area contributed by atoms with Gasteiger partial charge in [0.05, 0.1) is 7.11 Å². The Morgan fingerprint density at radius 2 is 1.46 bits per heavy atom. The van der Waals surface area contributed by atoms with E-state index >= 15 is 0 Å². The summed E-state index contributed by atoms with van der Waals surface area (Å²) in [4.78, 5) is 0. The number of allylic oxidation sites excluding steroid dienone is 2. The third kappa shape index (κ3) is 3.46. The number of phenolic OH excluding ortho intramolecular Hbond substituents is 2. The lowest BCUT2D eigenvalue weighted by Gasteiger charge is -2.16. The molecule has 0 radical (unpaired) electrons. The van der Waals surface area contributed by atoms with Crippen LogP contribution >= 0.6 is 0 Å². The summed E-state index contributed by atoms with van der Waals surface area (Å²) in [6.45, 7) is 9.52. The van der Waals surface area contributed by atoms with Gasteiger partial charge < -0.3 is 14.9 Å². The Hall–Kier alpha value is -2.68. The molecule has 3 nitrogen and oxygen atoms in total. The van der Waals surface area contributed by atoms with E-state index in [0.29, 0.717) is 36.1 Å². The van der Waals surface area contributed by atoms with Gasteiger partial charge in [-0.3, -0.25) is 0 Å². The van der Waals surface area contributed by atoms with Gasteiger partial charge in [0, 0.05) is 11.1 Å². The van der Waals surface area contributed by atoms with Crippen LogP contribution in [0.15, 0.2) is 49.6 Å². The molecule has 0 saturated heterocycles. The molecule has 0 fully saturated rings. The molecule has 2 aromatic carbocycles. The summed E-state index contributed by atoms with van der Waals surface area (Å²) in [5.41, 5.74) is 4.01. The van der Waals surface area contributed by atoms with Gasteiger partial charge in [-0.1, -0.05) is 25.1 Å². The first-order valence-corrected chi connectivity index (χ1v) is 8.02. The zero-order valence-electron chi connectivity index (χ0n) is 14.3. The summed E-state index contributed by atoms with van der Waals surface area (Å²) in [6.07, 6.45) is 5.67. The molecule has 0 atom stereocenters. The van der Waals surface area contributed by atoms with Crippen molar-refractivity contribution in [2.75, 3.05) is 7.11 Å². The van der Waals surface area contributed by atoms with E-state index in [4.69, 9.17) is 4.74 Å². The number of aryl methyl sites for hydroxylation is 1. The molecule has 2 N–H and O–H groups in total. The van der Waals surface area contributed by atoms with Crippen LogP contribution in [0.25, 0.3) is 11.1 Å². The Labute approximate surface area is 143 Å². The van der Waals surface area contributed by atoms with Crippen molar-refractivity contribution in [3.63, 3.8) is 0 Å². The zero-order valence-corrected chi connectivity index (χ0v) is 14.3. The highest BCUT2D eigenvalue weighted by molar-refractivity contribution is 5.80. The molecule has 126 valence electrons. The first-order chi connectivity index (χ1) is 11.5. The van der Waals surface area contributed by atoms with E-state index in [1.165, 1.54) is 7.11 Å². The number of benzene rings is 2. The lowest BCUT2D eigenvalue weighted by molar-refractivity contribution is 0.374. The Bertz CT molecular complexity index is 695. The molecule has 0 aromatic heterocycles. The molecule has 3 heteroatoms. The van der Waals surface area contributed by atoms with E-state index in [-0.39, 0.29) is 11.5 Å². The number of hydrogen-bond acceptors (Lipinski definition) is 3. The van der Waals surface area contributed by atoms with Crippen LogP contribution in [-0.4, -0.2) is 17.3 Å². The quantitative estimate of drug-likeness (QED) is 0.720. The molecule has 0 aliphatic carbocycles. The fourth-order valence-corrected chi connectivity index (χ4v) is 2.83. The van der Waals surface area contributed by atoms with Crippen LogP contribution in [0.1, 0.15) is 23.6 Å². The van der Waals surface area contributed by atoms with Crippen LogP contribution in [0.2, 0.25) is 0 Å². The average Bonchev–Trinajstić information content (AvgIpc) is 2.58. The first-order valence-electron chi connectivity index (χ1n) is 8.02. The summed E-state index contributed by atoms with van der Waals surface area (Å²) >= 11 is 0. The van der Waals surface area contributed by atoms with Crippen LogP contribution in [0.5, 0.6) is 17.2 Å². The second-order valence-corrected chi connectivity index (χ2v) is 5.68. The number of methoxy groups -OCH3 is 1. The highest BCUT2D eigenvalue weighted by Crippen LogP contribution is 2.43. The van der Waals surface area contributed by atoms with Crippen molar-refractivity contribution in [3.8, 4) is 28.4 Å². The smallest absolute Gasteiger partial charge is 0.165 e. The van der Waals surface area contributed by atoms with Gasteiger partial charge in [0.15, 0.2) is 11.5 Å². The average molecular weight is 324 g/mol. The number of rotatable bonds is 7. The van der Waals surface area contributed by atoms with Gasteiger partial charge in [0.1, 0.15) is 5.75 Å². The van der Waals surface area contributed by atoms with Crippen LogP contribution < -0.4 is 4.74 Å². The second kappa shape index (κ2) is 7.73. The molecule has 0 unspecified atom stereocenters. The van der Waals surface area contributed by atoms with Crippen molar-refractivity contribution >= 4 is 0 Å². The highest BCUT2D eigenvalue weighted by Gasteiger charge is 2.17. The van der Waals surface area contributed by atoms with E-state index < -0.39 is 0 Å². The van der Waals surface area contributed by atoms with Crippen LogP contribution in [0, 0.1) is 0 Å².